The lowest BCUT2D eigenvalue weighted by molar-refractivity contribution is -0.134. The number of hydrogen-bond donors (Lipinski definition) is 1. The molecule has 1 aliphatic carbocycles. The normalized spacial score (nSPS) is 17.9. The maximum atomic E-state index is 12.5. The molecule has 19 heavy (non-hydrogen) atoms. The molecule has 2 N–H and O–H groups in total. The third-order valence-corrected chi connectivity index (χ3v) is 4.13. The van der Waals surface area contributed by atoms with E-state index in [-0.39, 0.29) is 11.9 Å². The standard InChI is InChI=1S/C16H32N2O/c1-4-7-14(17)12-16(19)18(11-10-13(2)3)15-8-5-6-9-15/h13-15H,4-12,17H2,1-3H3. The van der Waals surface area contributed by atoms with Crippen molar-refractivity contribution in [3.05, 3.63) is 0 Å². The first-order chi connectivity index (χ1) is 9.04. The Balaban J connectivity index is 2.52. The van der Waals surface area contributed by atoms with E-state index in [1.54, 1.807) is 0 Å². The van der Waals surface area contributed by atoms with Crippen molar-refractivity contribution in [2.24, 2.45) is 11.7 Å². The maximum Gasteiger partial charge on any atom is 0.224 e. The molecule has 0 saturated heterocycles. The second kappa shape index (κ2) is 8.57. The third kappa shape index (κ3) is 5.94. The topological polar surface area (TPSA) is 46.3 Å². The average molecular weight is 268 g/mol. The molecular formula is C16H32N2O. The lowest BCUT2D eigenvalue weighted by Gasteiger charge is -2.30. The zero-order valence-corrected chi connectivity index (χ0v) is 13.0. The van der Waals surface area contributed by atoms with E-state index in [2.05, 4.69) is 25.7 Å². The van der Waals surface area contributed by atoms with Crippen LogP contribution in [0, 0.1) is 5.92 Å². The van der Waals surface area contributed by atoms with Gasteiger partial charge >= 0.3 is 0 Å². The van der Waals surface area contributed by atoms with Crippen molar-refractivity contribution in [1.82, 2.24) is 4.90 Å². The highest BCUT2D eigenvalue weighted by Crippen LogP contribution is 2.25. The monoisotopic (exact) mass is 268 g/mol. The van der Waals surface area contributed by atoms with Crippen LogP contribution in [-0.2, 0) is 4.79 Å². The van der Waals surface area contributed by atoms with Gasteiger partial charge in [0.05, 0.1) is 0 Å². The van der Waals surface area contributed by atoms with Crippen molar-refractivity contribution in [3.8, 4) is 0 Å². The van der Waals surface area contributed by atoms with Crippen LogP contribution in [-0.4, -0.2) is 29.4 Å². The predicted molar refractivity (Wildman–Crippen MR) is 80.9 cm³/mol. The van der Waals surface area contributed by atoms with Crippen molar-refractivity contribution in [3.63, 3.8) is 0 Å². The minimum atomic E-state index is 0.0421. The summed E-state index contributed by atoms with van der Waals surface area (Å²) in [7, 11) is 0. The van der Waals surface area contributed by atoms with Crippen LogP contribution in [0.5, 0.6) is 0 Å². The van der Waals surface area contributed by atoms with Gasteiger partial charge in [-0.2, -0.15) is 0 Å². The molecule has 1 rings (SSSR count). The van der Waals surface area contributed by atoms with E-state index in [9.17, 15) is 4.79 Å². The summed E-state index contributed by atoms with van der Waals surface area (Å²) in [5, 5.41) is 0. The van der Waals surface area contributed by atoms with E-state index in [1.165, 1.54) is 25.7 Å². The van der Waals surface area contributed by atoms with Crippen molar-refractivity contribution in [2.75, 3.05) is 6.54 Å². The van der Waals surface area contributed by atoms with Gasteiger partial charge in [-0.25, -0.2) is 0 Å². The number of amides is 1. The van der Waals surface area contributed by atoms with Gasteiger partial charge in [0.2, 0.25) is 5.91 Å². The molecule has 0 spiro atoms. The second-order valence-corrected chi connectivity index (χ2v) is 6.46. The smallest absolute Gasteiger partial charge is 0.224 e. The number of hydrogen-bond acceptors (Lipinski definition) is 2. The second-order valence-electron chi connectivity index (χ2n) is 6.46. The molecule has 3 heteroatoms. The number of carbonyl (C=O) groups excluding carboxylic acids is 1. The van der Waals surface area contributed by atoms with Crippen LogP contribution in [0.1, 0.15) is 72.1 Å². The van der Waals surface area contributed by atoms with Crippen LogP contribution in [0.15, 0.2) is 0 Å². The van der Waals surface area contributed by atoms with E-state index < -0.39 is 0 Å². The van der Waals surface area contributed by atoms with Crippen LogP contribution in [0.4, 0.5) is 0 Å². The Morgan fingerprint density at radius 1 is 1.26 bits per heavy atom. The van der Waals surface area contributed by atoms with E-state index in [0.717, 1.165) is 25.8 Å². The van der Waals surface area contributed by atoms with Gasteiger partial charge in [-0.05, 0) is 31.6 Å². The molecule has 0 radical (unpaired) electrons. The van der Waals surface area contributed by atoms with E-state index in [4.69, 9.17) is 5.73 Å². The molecule has 3 nitrogen and oxygen atoms in total. The van der Waals surface area contributed by atoms with Gasteiger partial charge in [0, 0.05) is 25.0 Å². The maximum absolute atomic E-state index is 12.5. The van der Waals surface area contributed by atoms with E-state index in [1.807, 2.05) is 0 Å². The first kappa shape index (κ1) is 16.5. The lowest BCUT2D eigenvalue weighted by Crippen LogP contribution is -2.42. The van der Waals surface area contributed by atoms with Crippen LogP contribution < -0.4 is 5.73 Å². The minimum absolute atomic E-state index is 0.0421. The van der Waals surface area contributed by atoms with Crippen molar-refractivity contribution in [2.45, 2.75) is 84.2 Å². The van der Waals surface area contributed by atoms with Crippen molar-refractivity contribution in [1.29, 1.82) is 0 Å². The molecule has 0 aliphatic heterocycles. The zero-order chi connectivity index (χ0) is 14.3. The highest BCUT2D eigenvalue weighted by Gasteiger charge is 2.27. The summed E-state index contributed by atoms with van der Waals surface area (Å²) >= 11 is 0. The third-order valence-electron chi connectivity index (χ3n) is 4.13. The first-order valence-electron chi connectivity index (χ1n) is 8.09. The molecule has 112 valence electrons. The van der Waals surface area contributed by atoms with Crippen LogP contribution in [0.25, 0.3) is 0 Å². The molecule has 0 aromatic carbocycles. The summed E-state index contributed by atoms with van der Waals surface area (Å²) in [6.45, 7) is 7.48. The Morgan fingerprint density at radius 3 is 2.42 bits per heavy atom. The van der Waals surface area contributed by atoms with Crippen LogP contribution >= 0.6 is 0 Å². The van der Waals surface area contributed by atoms with Gasteiger partial charge in [0.25, 0.3) is 0 Å². The van der Waals surface area contributed by atoms with Gasteiger partial charge < -0.3 is 10.6 Å². The fraction of sp³-hybridized carbons (Fsp3) is 0.938. The van der Waals surface area contributed by atoms with Crippen LogP contribution in [0.2, 0.25) is 0 Å². The molecule has 0 aromatic heterocycles. The van der Waals surface area contributed by atoms with Gasteiger partial charge in [-0.15, -0.1) is 0 Å². The Kier molecular flexibility index (Phi) is 7.44. The van der Waals surface area contributed by atoms with Gasteiger partial charge in [0.1, 0.15) is 0 Å². The number of rotatable bonds is 8. The molecule has 1 atom stereocenters. The Hall–Kier alpha value is -0.570. The lowest BCUT2D eigenvalue weighted by atomic mass is 10.1. The SMILES string of the molecule is CCCC(N)CC(=O)N(CCC(C)C)C1CCCC1. The fourth-order valence-electron chi connectivity index (χ4n) is 2.94. The van der Waals surface area contributed by atoms with E-state index in [0.29, 0.717) is 18.4 Å². The fourth-order valence-corrected chi connectivity index (χ4v) is 2.94. The predicted octanol–water partition coefficient (Wildman–Crippen LogP) is 3.32. The molecule has 0 heterocycles. The van der Waals surface area contributed by atoms with Gasteiger partial charge in [-0.3, -0.25) is 4.79 Å². The summed E-state index contributed by atoms with van der Waals surface area (Å²) in [5.74, 6) is 0.939. The molecule has 1 amide bonds. The largest absolute Gasteiger partial charge is 0.340 e. The zero-order valence-electron chi connectivity index (χ0n) is 13.0. The average Bonchev–Trinajstić information content (AvgIpc) is 2.82. The Bertz CT molecular complexity index is 259. The molecule has 0 aromatic rings. The van der Waals surface area contributed by atoms with Gasteiger partial charge in [0.15, 0.2) is 0 Å². The quantitative estimate of drug-likeness (QED) is 0.734. The highest BCUT2D eigenvalue weighted by molar-refractivity contribution is 5.77. The molecule has 0 bridgehead atoms. The van der Waals surface area contributed by atoms with Crippen LogP contribution in [0.3, 0.4) is 0 Å². The molecule has 1 fully saturated rings. The van der Waals surface area contributed by atoms with Gasteiger partial charge in [-0.1, -0.05) is 40.0 Å². The molecular weight excluding hydrogens is 236 g/mol. The number of carbonyl (C=O) groups is 1. The van der Waals surface area contributed by atoms with E-state index >= 15 is 0 Å². The van der Waals surface area contributed by atoms with Crippen molar-refractivity contribution >= 4 is 5.91 Å². The summed E-state index contributed by atoms with van der Waals surface area (Å²) in [6.07, 6.45) is 8.57. The molecule has 1 saturated carbocycles. The summed E-state index contributed by atoms with van der Waals surface area (Å²) in [5.41, 5.74) is 6.03. The summed E-state index contributed by atoms with van der Waals surface area (Å²) in [6, 6.07) is 0.528. The van der Waals surface area contributed by atoms with Crippen molar-refractivity contribution < 1.29 is 4.79 Å². The highest BCUT2D eigenvalue weighted by atomic mass is 16.2. The molecule has 1 aliphatic rings. The number of nitrogens with two attached hydrogens (primary N) is 1. The minimum Gasteiger partial charge on any atom is -0.340 e. The number of nitrogens with zero attached hydrogens (tertiary/aromatic N) is 1. The Labute approximate surface area is 118 Å². The summed E-state index contributed by atoms with van der Waals surface area (Å²) in [4.78, 5) is 14.6. The molecule has 1 unspecified atom stereocenters. The Morgan fingerprint density at radius 2 is 1.89 bits per heavy atom. The summed E-state index contributed by atoms with van der Waals surface area (Å²) < 4.78 is 0. The first-order valence-corrected chi connectivity index (χ1v) is 8.09.